The Kier molecular flexibility index (Phi) is 3.38. The van der Waals surface area contributed by atoms with Gasteiger partial charge < -0.3 is 4.42 Å². The summed E-state index contributed by atoms with van der Waals surface area (Å²) in [6.07, 6.45) is 1.73. The van der Waals surface area contributed by atoms with Crippen molar-refractivity contribution in [2.24, 2.45) is 0 Å². The molecule has 0 aliphatic carbocycles. The van der Waals surface area contributed by atoms with Gasteiger partial charge in [0.25, 0.3) is 0 Å². The van der Waals surface area contributed by atoms with Crippen LogP contribution in [0, 0.1) is 13.8 Å². The molecule has 0 fully saturated rings. The second-order valence-electron chi connectivity index (χ2n) is 3.36. The molecule has 2 rings (SSSR count). The van der Waals surface area contributed by atoms with Gasteiger partial charge in [0.1, 0.15) is 5.76 Å². The fourth-order valence-corrected chi connectivity index (χ4v) is 4.39. The molecule has 0 spiro atoms. The Morgan fingerprint density at radius 3 is 2.53 bits per heavy atom. The quantitative estimate of drug-likeness (QED) is 0.678. The molecule has 2 aromatic rings. The lowest BCUT2D eigenvalue weighted by molar-refractivity contribution is 0.530. The van der Waals surface area contributed by atoms with E-state index in [1.165, 1.54) is 19.8 Å². The largest absolute Gasteiger partial charge is 0.469 e. The van der Waals surface area contributed by atoms with Crippen LogP contribution in [-0.4, -0.2) is 0 Å². The first-order valence-corrected chi connectivity index (χ1v) is 7.06. The maximum Gasteiger partial charge on any atom is 0.105 e. The molecule has 1 nitrogen and oxygen atoms in total. The number of rotatable bonds is 2. The molecule has 2 heterocycles. The van der Waals surface area contributed by atoms with Crippen LogP contribution in [0.25, 0.3) is 0 Å². The monoisotopic (exact) mass is 348 g/mol. The Morgan fingerprint density at radius 1 is 1.33 bits per heavy atom. The number of hydrogen-bond acceptors (Lipinski definition) is 2. The third-order valence-corrected chi connectivity index (χ3v) is 4.93. The van der Waals surface area contributed by atoms with E-state index >= 15 is 0 Å². The van der Waals surface area contributed by atoms with E-state index in [-0.39, 0.29) is 4.83 Å². The zero-order chi connectivity index (χ0) is 11.0. The van der Waals surface area contributed by atoms with Crippen LogP contribution in [0.5, 0.6) is 0 Å². The van der Waals surface area contributed by atoms with Crippen LogP contribution in [0.3, 0.4) is 0 Å². The lowest BCUT2D eigenvalue weighted by atomic mass is 10.1. The molecular weight excluding hydrogens is 340 g/mol. The van der Waals surface area contributed by atoms with E-state index in [9.17, 15) is 0 Å². The van der Waals surface area contributed by atoms with E-state index in [4.69, 9.17) is 4.42 Å². The molecule has 1 atom stereocenters. The van der Waals surface area contributed by atoms with Crippen LogP contribution in [0.2, 0.25) is 0 Å². The second kappa shape index (κ2) is 4.44. The molecule has 2 aromatic heterocycles. The van der Waals surface area contributed by atoms with Gasteiger partial charge in [0.2, 0.25) is 0 Å². The molecule has 0 bridgehead atoms. The highest BCUT2D eigenvalue weighted by Crippen LogP contribution is 2.39. The fraction of sp³-hybridized carbons (Fsp3) is 0.273. The van der Waals surface area contributed by atoms with Crippen molar-refractivity contribution in [3.05, 3.63) is 43.9 Å². The first-order valence-electron chi connectivity index (χ1n) is 4.53. The Morgan fingerprint density at radius 2 is 2.07 bits per heavy atom. The molecule has 0 aromatic carbocycles. The van der Waals surface area contributed by atoms with Crippen LogP contribution in [0.4, 0.5) is 0 Å². The highest BCUT2D eigenvalue weighted by atomic mass is 79.9. The standard InChI is InChI=1S/C11H10Br2OS/c1-6-8(3-4-14-6)11(13)9-5-10(12)15-7(9)2/h3-5,11H,1-2H3. The molecule has 0 saturated heterocycles. The molecule has 0 N–H and O–H groups in total. The van der Waals surface area contributed by atoms with Gasteiger partial charge in [-0.05, 0) is 47.5 Å². The van der Waals surface area contributed by atoms with E-state index in [1.807, 2.05) is 13.0 Å². The smallest absolute Gasteiger partial charge is 0.105 e. The molecule has 0 radical (unpaired) electrons. The van der Waals surface area contributed by atoms with E-state index in [1.54, 1.807) is 17.6 Å². The zero-order valence-electron chi connectivity index (χ0n) is 8.38. The Hall–Kier alpha value is -0.0600. The predicted octanol–water partition coefficient (Wildman–Crippen LogP) is 5.20. The van der Waals surface area contributed by atoms with Crippen LogP contribution in [0.1, 0.15) is 26.6 Å². The summed E-state index contributed by atoms with van der Waals surface area (Å²) < 4.78 is 6.48. The molecule has 0 amide bonds. The van der Waals surface area contributed by atoms with Crippen molar-refractivity contribution in [1.29, 1.82) is 0 Å². The first-order chi connectivity index (χ1) is 7.09. The normalized spacial score (nSPS) is 13.1. The van der Waals surface area contributed by atoms with Gasteiger partial charge in [-0.2, -0.15) is 0 Å². The highest BCUT2D eigenvalue weighted by molar-refractivity contribution is 9.11. The second-order valence-corrected chi connectivity index (χ2v) is 6.91. The molecule has 1 unspecified atom stereocenters. The van der Waals surface area contributed by atoms with Gasteiger partial charge >= 0.3 is 0 Å². The van der Waals surface area contributed by atoms with E-state index < -0.39 is 0 Å². The molecule has 0 aliphatic heterocycles. The fourth-order valence-electron chi connectivity index (χ4n) is 1.54. The van der Waals surface area contributed by atoms with Crippen molar-refractivity contribution in [1.82, 2.24) is 0 Å². The number of alkyl halides is 1. The SMILES string of the molecule is Cc1occc1C(Br)c1cc(Br)sc1C. The van der Waals surface area contributed by atoms with E-state index in [0.717, 1.165) is 5.76 Å². The summed E-state index contributed by atoms with van der Waals surface area (Å²) in [7, 11) is 0. The van der Waals surface area contributed by atoms with Gasteiger partial charge in [0.05, 0.1) is 14.9 Å². The topological polar surface area (TPSA) is 13.1 Å². The Labute approximate surface area is 110 Å². The van der Waals surface area contributed by atoms with Crippen molar-refractivity contribution < 1.29 is 4.42 Å². The molecule has 0 saturated carbocycles. The number of hydrogen-bond donors (Lipinski definition) is 0. The number of aryl methyl sites for hydroxylation is 2. The van der Waals surface area contributed by atoms with Crippen molar-refractivity contribution in [2.45, 2.75) is 18.7 Å². The van der Waals surface area contributed by atoms with Gasteiger partial charge in [-0.15, -0.1) is 11.3 Å². The lowest BCUT2D eigenvalue weighted by Crippen LogP contribution is -1.92. The summed E-state index contributed by atoms with van der Waals surface area (Å²) in [6, 6.07) is 4.17. The van der Waals surface area contributed by atoms with Crippen LogP contribution in [0.15, 0.2) is 26.6 Å². The summed E-state index contributed by atoms with van der Waals surface area (Å²) >= 11 is 8.98. The number of furan rings is 1. The Bertz CT molecular complexity index is 473. The molecule has 0 aliphatic rings. The van der Waals surface area contributed by atoms with Gasteiger partial charge in [0.15, 0.2) is 0 Å². The van der Waals surface area contributed by atoms with Crippen LogP contribution < -0.4 is 0 Å². The van der Waals surface area contributed by atoms with Gasteiger partial charge in [-0.3, -0.25) is 0 Å². The molecule has 15 heavy (non-hydrogen) atoms. The number of thiophene rings is 1. The van der Waals surface area contributed by atoms with Gasteiger partial charge in [-0.25, -0.2) is 0 Å². The van der Waals surface area contributed by atoms with Gasteiger partial charge in [0, 0.05) is 10.4 Å². The minimum atomic E-state index is 0.221. The van der Waals surface area contributed by atoms with E-state index in [2.05, 4.69) is 44.8 Å². The van der Waals surface area contributed by atoms with Crippen LogP contribution in [-0.2, 0) is 0 Å². The zero-order valence-corrected chi connectivity index (χ0v) is 12.4. The average Bonchev–Trinajstić information content (AvgIpc) is 2.71. The minimum Gasteiger partial charge on any atom is -0.469 e. The third-order valence-electron chi connectivity index (χ3n) is 2.37. The first kappa shape index (κ1) is 11.4. The maximum atomic E-state index is 5.32. The molecular formula is C11H10Br2OS. The average molecular weight is 350 g/mol. The van der Waals surface area contributed by atoms with Crippen molar-refractivity contribution in [3.63, 3.8) is 0 Å². The molecule has 80 valence electrons. The lowest BCUT2D eigenvalue weighted by Gasteiger charge is -2.08. The van der Waals surface area contributed by atoms with Crippen molar-refractivity contribution in [2.75, 3.05) is 0 Å². The Balaban J connectivity index is 2.40. The predicted molar refractivity (Wildman–Crippen MR) is 71.0 cm³/mol. The van der Waals surface area contributed by atoms with E-state index in [0.29, 0.717) is 0 Å². The summed E-state index contributed by atoms with van der Waals surface area (Å²) in [5.74, 6) is 0.971. The summed E-state index contributed by atoms with van der Waals surface area (Å²) in [4.78, 5) is 1.54. The number of halogens is 2. The summed E-state index contributed by atoms with van der Waals surface area (Å²) in [5, 5.41) is 0. The summed E-state index contributed by atoms with van der Waals surface area (Å²) in [6.45, 7) is 4.12. The van der Waals surface area contributed by atoms with Crippen molar-refractivity contribution >= 4 is 43.2 Å². The summed E-state index contributed by atoms with van der Waals surface area (Å²) in [5.41, 5.74) is 2.50. The molecule has 4 heteroatoms. The minimum absolute atomic E-state index is 0.221. The maximum absolute atomic E-state index is 5.32. The van der Waals surface area contributed by atoms with Crippen molar-refractivity contribution in [3.8, 4) is 0 Å². The van der Waals surface area contributed by atoms with Gasteiger partial charge in [-0.1, -0.05) is 15.9 Å². The highest BCUT2D eigenvalue weighted by Gasteiger charge is 2.18. The van der Waals surface area contributed by atoms with Crippen LogP contribution >= 0.6 is 43.2 Å². The third kappa shape index (κ3) is 2.22.